The number of nitrogens with zero attached hydrogens (tertiary/aromatic N) is 1. The Morgan fingerprint density at radius 1 is 1.00 bits per heavy atom. The Balaban J connectivity index is 1.20. The highest BCUT2D eigenvalue weighted by Gasteiger charge is 2.43. The highest BCUT2D eigenvalue weighted by Crippen LogP contribution is 2.46. The van der Waals surface area contributed by atoms with Gasteiger partial charge in [-0.15, -0.1) is 0 Å². The van der Waals surface area contributed by atoms with Crippen LogP contribution in [0.3, 0.4) is 0 Å². The van der Waals surface area contributed by atoms with Crippen LogP contribution in [0.1, 0.15) is 83.1 Å². The van der Waals surface area contributed by atoms with Crippen molar-refractivity contribution >= 4 is 5.97 Å². The van der Waals surface area contributed by atoms with Gasteiger partial charge in [0.1, 0.15) is 0 Å². The van der Waals surface area contributed by atoms with Gasteiger partial charge in [0.15, 0.2) is 0 Å². The lowest BCUT2D eigenvalue weighted by Gasteiger charge is -2.35. The van der Waals surface area contributed by atoms with Crippen molar-refractivity contribution in [2.24, 2.45) is 35.5 Å². The molecule has 2 aliphatic carbocycles. The predicted molar refractivity (Wildman–Crippen MR) is 132 cm³/mol. The van der Waals surface area contributed by atoms with Gasteiger partial charge in [0.2, 0.25) is 0 Å². The van der Waals surface area contributed by atoms with Gasteiger partial charge in [0, 0.05) is 6.54 Å². The third kappa shape index (κ3) is 6.37. The topological polar surface area (TPSA) is 40.5 Å². The number of carboxylic acid groups (broad SMARTS) is 1. The van der Waals surface area contributed by atoms with Crippen LogP contribution in [0.25, 0.3) is 0 Å². The molecule has 0 bridgehead atoms. The monoisotopic (exact) mass is 439 g/mol. The molecule has 1 aromatic carbocycles. The van der Waals surface area contributed by atoms with Crippen LogP contribution in [-0.4, -0.2) is 35.6 Å². The van der Waals surface area contributed by atoms with Gasteiger partial charge >= 0.3 is 5.97 Å². The number of hydrogen-bond acceptors (Lipinski definition) is 2. The van der Waals surface area contributed by atoms with Crippen LogP contribution in [0.15, 0.2) is 30.3 Å². The summed E-state index contributed by atoms with van der Waals surface area (Å²) in [5.41, 5.74) is 1.47. The van der Waals surface area contributed by atoms with Crippen LogP contribution in [-0.2, 0) is 11.2 Å². The Labute approximate surface area is 196 Å². The SMILES string of the molecule is CC1CC(C(C(=O)O)C2CCCCC2)CC1CN1CCC(CCCc2ccccc2)CC1. The number of likely N-dealkylation sites (tertiary alicyclic amines) is 1. The van der Waals surface area contributed by atoms with E-state index in [1.807, 2.05) is 0 Å². The van der Waals surface area contributed by atoms with Gasteiger partial charge in [-0.25, -0.2) is 0 Å². The fourth-order valence-electron chi connectivity index (χ4n) is 7.25. The van der Waals surface area contributed by atoms with Gasteiger partial charge in [-0.05, 0) is 99.6 Å². The standard InChI is InChI=1S/C29H45NO2/c1-22-19-26(28(29(31)32)25-13-6-3-7-14-25)20-27(22)21-30-17-15-24(16-18-30)12-8-11-23-9-4-2-5-10-23/h2,4-5,9-10,22,24-28H,3,6-8,11-21H2,1H3,(H,31,32). The van der Waals surface area contributed by atoms with E-state index in [1.54, 1.807) is 0 Å². The molecule has 32 heavy (non-hydrogen) atoms. The first kappa shape index (κ1) is 23.8. The molecule has 0 aromatic heterocycles. The summed E-state index contributed by atoms with van der Waals surface area (Å²) in [4.78, 5) is 14.9. The molecular formula is C29H45NO2. The molecule has 1 aromatic rings. The minimum Gasteiger partial charge on any atom is -0.481 e. The van der Waals surface area contributed by atoms with Crippen molar-refractivity contribution in [1.82, 2.24) is 4.90 Å². The fourth-order valence-corrected chi connectivity index (χ4v) is 7.25. The maximum Gasteiger partial charge on any atom is 0.307 e. The molecule has 0 spiro atoms. The van der Waals surface area contributed by atoms with E-state index in [2.05, 4.69) is 42.2 Å². The molecule has 3 heteroatoms. The predicted octanol–water partition coefficient (Wildman–Crippen LogP) is 6.66. The molecule has 1 N–H and O–H groups in total. The van der Waals surface area contributed by atoms with Gasteiger partial charge < -0.3 is 10.0 Å². The van der Waals surface area contributed by atoms with Crippen LogP contribution in [0.4, 0.5) is 0 Å². The number of carboxylic acids is 1. The minimum atomic E-state index is -0.508. The van der Waals surface area contributed by atoms with Crippen molar-refractivity contribution < 1.29 is 9.90 Å². The molecule has 1 aliphatic heterocycles. The van der Waals surface area contributed by atoms with Crippen LogP contribution in [0.2, 0.25) is 0 Å². The first-order valence-electron chi connectivity index (χ1n) is 13.6. The molecule has 1 heterocycles. The maximum absolute atomic E-state index is 12.2. The summed E-state index contributed by atoms with van der Waals surface area (Å²) in [5.74, 6) is 2.51. The first-order chi connectivity index (χ1) is 15.6. The normalized spacial score (nSPS) is 29.2. The van der Waals surface area contributed by atoms with Crippen molar-refractivity contribution in [3.63, 3.8) is 0 Å². The average Bonchev–Trinajstić information content (AvgIpc) is 3.15. The number of aliphatic carboxylic acids is 1. The van der Waals surface area contributed by atoms with E-state index in [0.717, 1.165) is 31.6 Å². The number of piperidine rings is 1. The highest BCUT2D eigenvalue weighted by atomic mass is 16.4. The van der Waals surface area contributed by atoms with Crippen LogP contribution in [0, 0.1) is 35.5 Å². The first-order valence-corrected chi connectivity index (χ1v) is 13.6. The van der Waals surface area contributed by atoms with Gasteiger partial charge in [-0.2, -0.15) is 0 Å². The molecule has 3 aliphatic rings. The van der Waals surface area contributed by atoms with E-state index in [9.17, 15) is 9.90 Å². The number of benzene rings is 1. The van der Waals surface area contributed by atoms with Gasteiger partial charge in [-0.3, -0.25) is 4.79 Å². The number of aryl methyl sites for hydroxylation is 1. The number of hydrogen-bond donors (Lipinski definition) is 1. The van der Waals surface area contributed by atoms with E-state index in [-0.39, 0.29) is 5.92 Å². The summed E-state index contributed by atoms with van der Waals surface area (Å²) < 4.78 is 0. The molecule has 4 unspecified atom stereocenters. The second-order valence-electron chi connectivity index (χ2n) is 11.4. The lowest BCUT2D eigenvalue weighted by molar-refractivity contribution is -0.146. The second kappa shape index (κ2) is 11.7. The Morgan fingerprint density at radius 2 is 1.72 bits per heavy atom. The van der Waals surface area contributed by atoms with E-state index in [0.29, 0.717) is 23.7 Å². The number of rotatable bonds is 9. The van der Waals surface area contributed by atoms with E-state index < -0.39 is 5.97 Å². The van der Waals surface area contributed by atoms with Gasteiger partial charge in [0.05, 0.1) is 5.92 Å². The third-order valence-corrected chi connectivity index (χ3v) is 9.16. The summed E-state index contributed by atoms with van der Waals surface area (Å²) in [6.07, 6.45) is 14.9. The Hall–Kier alpha value is -1.35. The summed E-state index contributed by atoms with van der Waals surface area (Å²) in [7, 11) is 0. The molecule has 4 rings (SSSR count). The summed E-state index contributed by atoms with van der Waals surface area (Å²) in [6.45, 7) is 6.08. The Bertz CT molecular complexity index is 690. The molecule has 0 amide bonds. The molecule has 1 saturated heterocycles. The maximum atomic E-state index is 12.2. The number of carbonyl (C=O) groups is 1. The van der Waals surface area contributed by atoms with Crippen molar-refractivity contribution in [3.8, 4) is 0 Å². The van der Waals surface area contributed by atoms with Crippen LogP contribution >= 0.6 is 0 Å². The molecule has 4 atom stereocenters. The largest absolute Gasteiger partial charge is 0.481 e. The molecule has 3 fully saturated rings. The molecule has 178 valence electrons. The Kier molecular flexibility index (Phi) is 8.68. The summed E-state index contributed by atoms with van der Waals surface area (Å²) >= 11 is 0. The smallest absolute Gasteiger partial charge is 0.307 e. The molecular weight excluding hydrogens is 394 g/mol. The summed E-state index contributed by atoms with van der Waals surface area (Å²) in [6, 6.07) is 10.9. The lowest BCUT2D eigenvalue weighted by atomic mass is 9.73. The molecule has 2 saturated carbocycles. The van der Waals surface area contributed by atoms with E-state index in [4.69, 9.17) is 0 Å². The fraction of sp³-hybridized carbons (Fsp3) is 0.759. The van der Waals surface area contributed by atoms with Crippen molar-refractivity contribution in [2.75, 3.05) is 19.6 Å². The summed E-state index contributed by atoms with van der Waals surface area (Å²) in [5, 5.41) is 10.0. The average molecular weight is 440 g/mol. The van der Waals surface area contributed by atoms with Crippen molar-refractivity contribution in [1.29, 1.82) is 0 Å². The van der Waals surface area contributed by atoms with Crippen molar-refractivity contribution in [3.05, 3.63) is 35.9 Å². The molecule has 3 nitrogen and oxygen atoms in total. The van der Waals surface area contributed by atoms with Gasteiger partial charge in [0.25, 0.3) is 0 Å². The lowest BCUT2D eigenvalue weighted by Crippen LogP contribution is -2.38. The second-order valence-corrected chi connectivity index (χ2v) is 11.4. The Morgan fingerprint density at radius 3 is 2.41 bits per heavy atom. The minimum absolute atomic E-state index is 0.0851. The zero-order valence-electron chi connectivity index (χ0n) is 20.3. The molecule has 0 radical (unpaired) electrons. The third-order valence-electron chi connectivity index (χ3n) is 9.16. The highest BCUT2D eigenvalue weighted by molar-refractivity contribution is 5.70. The van der Waals surface area contributed by atoms with E-state index >= 15 is 0 Å². The van der Waals surface area contributed by atoms with Crippen molar-refractivity contribution in [2.45, 2.75) is 84.0 Å². The quantitative estimate of drug-likeness (QED) is 0.467. The zero-order chi connectivity index (χ0) is 22.3. The van der Waals surface area contributed by atoms with Crippen LogP contribution < -0.4 is 0 Å². The van der Waals surface area contributed by atoms with Gasteiger partial charge in [-0.1, -0.05) is 62.9 Å². The zero-order valence-corrected chi connectivity index (χ0v) is 20.3. The van der Waals surface area contributed by atoms with Crippen LogP contribution in [0.5, 0.6) is 0 Å². The van der Waals surface area contributed by atoms with E-state index in [1.165, 1.54) is 76.6 Å².